The van der Waals surface area contributed by atoms with Gasteiger partial charge in [0.25, 0.3) is 0 Å². The number of hydrogen-bond acceptors (Lipinski definition) is 3. The fraction of sp³-hybridized carbons (Fsp3) is 0.769. The topological polar surface area (TPSA) is 38.8 Å². The molecule has 0 N–H and O–H groups in total. The van der Waals surface area contributed by atoms with Crippen LogP contribution in [0.3, 0.4) is 0 Å². The second-order valence-corrected chi connectivity index (χ2v) is 5.49. The zero-order valence-corrected chi connectivity index (χ0v) is 11.4. The van der Waals surface area contributed by atoms with E-state index < -0.39 is 5.60 Å². The van der Waals surface area contributed by atoms with Crippen molar-refractivity contribution in [2.45, 2.75) is 52.2 Å². The summed E-state index contributed by atoms with van der Waals surface area (Å²) in [5, 5.41) is 0. The second kappa shape index (κ2) is 5.43. The molecule has 0 aliphatic carbocycles. The molecule has 0 aromatic rings. The van der Waals surface area contributed by atoms with Crippen LogP contribution in [0.4, 0.5) is 4.79 Å². The van der Waals surface area contributed by atoms with Crippen molar-refractivity contribution >= 4 is 6.09 Å². The van der Waals surface area contributed by atoms with Gasteiger partial charge in [-0.1, -0.05) is 0 Å². The molecule has 0 saturated carbocycles. The molecule has 1 amide bonds. The van der Waals surface area contributed by atoms with Crippen LogP contribution >= 0.6 is 0 Å². The van der Waals surface area contributed by atoms with Crippen molar-refractivity contribution in [2.75, 3.05) is 13.7 Å². The van der Waals surface area contributed by atoms with Crippen LogP contribution < -0.4 is 0 Å². The van der Waals surface area contributed by atoms with Gasteiger partial charge in [-0.2, -0.15) is 0 Å². The van der Waals surface area contributed by atoms with Crippen molar-refractivity contribution < 1.29 is 14.3 Å². The first-order valence-electron chi connectivity index (χ1n) is 6.04. The predicted octanol–water partition coefficient (Wildman–Crippen LogP) is 2.94. The van der Waals surface area contributed by atoms with E-state index in [-0.39, 0.29) is 12.1 Å². The first kappa shape index (κ1) is 13.9. The molecule has 1 aliphatic rings. The van der Waals surface area contributed by atoms with Gasteiger partial charge >= 0.3 is 6.09 Å². The summed E-state index contributed by atoms with van der Waals surface area (Å²) in [7, 11) is 1.65. The molecule has 1 saturated heterocycles. The van der Waals surface area contributed by atoms with E-state index in [9.17, 15) is 4.79 Å². The molecular formula is C13H23NO3. The van der Waals surface area contributed by atoms with Crippen molar-refractivity contribution in [3.05, 3.63) is 11.8 Å². The highest BCUT2D eigenvalue weighted by molar-refractivity contribution is 5.68. The summed E-state index contributed by atoms with van der Waals surface area (Å²) < 4.78 is 10.4. The zero-order valence-electron chi connectivity index (χ0n) is 11.4. The third kappa shape index (κ3) is 4.29. The molecular weight excluding hydrogens is 218 g/mol. The fourth-order valence-corrected chi connectivity index (χ4v) is 1.94. The molecule has 4 heteroatoms. The Bertz CT molecular complexity index is 304. The minimum atomic E-state index is -0.431. The number of nitrogens with zero attached hydrogens (tertiary/aromatic N) is 1. The van der Waals surface area contributed by atoms with Crippen LogP contribution in [0, 0.1) is 0 Å². The summed E-state index contributed by atoms with van der Waals surface area (Å²) in [5.41, 5.74) is 0.819. The summed E-state index contributed by atoms with van der Waals surface area (Å²) in [6.45, 7) is 8.39. The van der Waals surface area contributed by atoms with Gasteiger partial charge in [0.1, 0.15) is 5.60 Å². The molecule has 1 fully saturated rings. The molecule has 1 rings (SSSR count). The second-order valence-electron chi connectivity index (χ2n) is 5.49. The highest BCUT2D eigenvalue weighted by Crippen LogP contribution is 2.23. The van der Waals surface area contributed by atoms with Crippen LogP contribution in [0.15, 0.2) is 11.8 Å². The van der Waals surface area contributed by atoms with Gasteiger partial charge in [-0.05, 0) is 46.1 Å². The third-order valence-corrected chi connectivity index (χ3v) is 2.68. The van der Waals surface area contributed by atoms with E-state index >= 15 is 0 Å². The SMILES string of the molecule is COC=C1CCN(C(=O)OC(C)(C)C)[C@@H](C)C1. The van der Waals surface area contributed by atoms with E-state index in [1.165, 1.54) is 5.57 Å². The minimum Gasteiger partial charge on any atom is -0.504 e. The summed E-state index contributed by atoms with van der Waals surface area (Å²) in [6.07, 6.45) is 3.27. The smallest absolute Gasteiger partial charge is 0.410 e. The lowest BCUT2D eigenvalue weighted by molar-refractivity contribution is 0.0150. The Morgan fingerprint density at radius 1 is 1.47 bits per heavy atom. The molecule has 0 bridgehead atoms. The molecule has 0 spiro atoms. The van der Waals surface area contributed by atoms with Gasteiger partial charge in [0, 0.05) is 12.6 Å². The van der Waals surface area contributed by atoms with Gasteiger partial charge < -0.3 is 14.4 Å². The van der Waals surface area contributed by atoms with Gasteiger partial charge in [0.2, 0.25) is 0 Å². The molecule has 4 nitrogen and oxygen atoms in total. The Morgan fingerprint density at radius 2 is 2.12 bits per heavy atom. The summed E-state index contributed by atoms with van der Waals surface area (Å²) in [6, 6.07) is 0.167. The Morgan fingerprint density at radius 3 is 2.59 bits per heavy atom. The van der Waals surface area contributed by atoms with Gasteiger partial charge in [-0.3, -0.25) is 0 Å². The lowest BCUT2D eigenvalue weighted by atomic mass is 9.99. The average Bonchev–Trinajstić information content (AvgIpc) is 2.15. The predicted molar refractivity (Wildman–Crippen MR) is 66.7 cm³/mol. The normalized spacial score (nSPS) is 23.7. The van der Waals surface area contributed by atoms with Crippen LogP contribution in [0.2, 0.25) is 0 Å². The molecule has 1 atom stereocenters. The maximum atomic E-state index is 11.9. The van der Waals surface area contributed by atoms with E-state index in [2.05, 4.69) is 0 Å². The monoisotopic (exact) mass is 241 g/mol. The van der Waals surface area contributed by atoms with E-state index in [0.717, 1.165) is 12.8 Å². The number of piperidine rings is 1. The minimum absolute atomic E-state index is 0.167. The van der Waals surface area contributed by atoms with Gasteiger partial charge in [-0.25, -0.2) is 4.79 Å². The van der Waals surface area contributed by atoms with Crippen molar-refractivity contribution in [2.24, 2.45) is 0 Å². The number of amides is 1. The summed E-state index contributed by atoms with van der Waals surface area (Å²) in [5.74, 6) is 0. The van der Waals surface area contributed by atoms with E-state index in [0.29, 0.717) is 6.54 Å². The van der Waals surface area contributed by atoms with Gasteiger partial charge in [-0.15, -0.1) is 0 Å². The highest BCUT2D eigenvalue weighted by Gasteiger charge is 2.29. The maximum Gasteiger partial charge on any atom is 0.410 e. The van der Waals surface area contributed by atoms with Crippen LogP contribution in [-0.4, -0.2) is 36.3 Å². The first-order valence-corrected chi connectivity index (χ1v) is 6.04. The average molecular weight is 241 g/mol. The Kier molecular flexibility index (Phi) is 4.43. The largest absolute Gasteiger partial charge is 0.504 e. The van der Waals surface area contributed by atoms with E-state index in [1.807, 2.05) is 27.7 Å². The fourth-order valence-electron chi connectivity index (χ4n) is 1.94. The number of likely N-dealkylation sites (tertiary alicyclic amines) is 1. The van der Waals surface area contributed by atoms with E-state index in [1.54, 1.807) is 18.3 Å². The van der Waals surface area contributed by atoms with E-state index in [4.69, 9.17) is 9.47 Å². The van der Waals surface area contributed by atoms with Crippen LogP contribution in [0.25, 0.3) is 0 Å². The number of carbonyl (C=O) groups is 1. The van der Waals surface area contributed by atoms with Gasteiger partial charge in [0.15, 0.2) is 0 Å². The van der Waals surface area contributed by atoms with Crippen molar-refractivity contribution in [3.63, 3.8) is 0 Å². The molecule has 98 valence electrons. The van der Waals surface area contributed by atoms with Crippen LogP contribution in [0.5, 0.6) is 0 Å². The highest BCUT2D eigenvalue weighted by atomic mass is 16.6. The van der Waals surface area contributed by atoms with Crippen molar-refractivity contribution in [1.29, 1.82) is 0 Å². The molecule has 1 aliphatic heterocycles. The summed E-state index contributed by atoms with van der Waals surface area (Å²) in [4.78, 5) is 13.7. The zero-order chi connectivity index (χ0) is 13.1. The van der Waals surface area contributed by atoms with Crippen molar-refractivity contribution in [3.8, 4) is 0 Å². The van der Waals surface area contributed by atoms with Gasteiger partial charge in [0.05, 0.1) is 13.4 Å². The maximum absolute atomic E-state index is 11.9. The van der Waals surface area contributed by atoms with Crippen LogP contribution in [0.1, 0.15) is 40.5 Å². The first-order chi connectivity index (χ1) is 7.83. The van der Waals surface area contributed by atoms with Crippen LogP contribution in [-0.2, 0) is 9.47 Å². The lowest BCUT2D eigenvalue weighted by Gasteiger charge is -2.35. The molecule has 0 radical (unpaired) electrons. The molecule has 0 aromatic heterocycles. The Labute approximate surface area is 104 Å². The molecule has 0 unspecified atom stereocenters. The molecule has 1 heterocycles. The van der Waals surface area contributed by atoms with Crippen molar-refractivity contribution in [1.82, 2.24) is 4.90 Å². The third-order valence-electron chi connectivity index (χ3n) is 2.68. The Balaban J connectivity index is 2.58. The molecule has 17 heavy (non-hydrogen) atoms. The number of methoxy groups -OCH3 is 1. The summed E-state index contributed by atoms with van der Waals surface area (Å²) >= 11 is 0. The number of ether oxygens (including phenoxy) is 2. The number of rotatable bonds is 1. The quantitative estimate of drug-likeness (QED) is 0.662. The number of carbonyl (C=O) groups excluding carboxylic acids is 1. The standard InChI is InChI=1S/C13H23NO3/c1-10-8-11(9-16-5)6-7-14(10)12(15)17-13(2,3)4/h9-10H,6-8H2,1-5H3/t10-/m0/s1. The number of hydrogen-bond donors (Lipinski definition) is 0. The molecule has 0 aromatic carbocycles. The Hall–Kier alpha value is -1.19. The lowest BCUT2D eigenvalue weighted by Crippen LogP contribution is -2.45.